The maximum atomic E-state index is 11.3. The minimum atomic E-state index is 0.0866. The van der Waals surface area contributed by atoms with Gasteiger partial charge in [0.1, 0.15) is 0 Å². The number of hydrogen-bond acceptors (Lipinski definition) is 1. The molecule has 84 valence electrons. The van der Waals surface area contributed by atoms with Gasteiger partial charge in [-0.2, -0.15) is 0 Å². The molecule has 0 fully saturated rings. The van der Waals surface area contributed by atoms with E-state index in [0.717, 1.165) is 5.31 Å². The van der Waals surface area contributed by atoms with Gasteiger partial charge < -0.3 is 0 Å². The van der Waals surface area contributed by atoms with Crippen LogP contribution in [-0.4, -0.2) is 0 Å². The van der Waals surface area contributed by atoms with Crippen molar-refractivity contribution in [3.05, 3.63) is 23.0 Å². The average molecular weight is 224 g/mol. The number of allylic oxidation sites excluding steroid dienone is 4. The molecular weight excluding hydrogens is 203 g/mol. The summed E-state index contributed by atoms with van der Waals surface area (Å²) < 4.78 is 11.3. The Morgan fingerprint density at radius 1 is 1.13 bits per heavy atom. The van der Waals surface area contributed by atoms with Crippen molar-refractivity contribution in [1.29, 1.82) is 0 Å². The van der Waals surface area contributed by atoms with E-state index in [-0.39, 0.29) is 19.3 Å². The van der Waals surface area contributed by atoms with E-state index in [0.29, 0.717) is 5.92 Å². The van der Waals surface area contributed by atoms with Crippen LogP contribution in [0.2, 0.25) is 0 Å². The van der Waals surface area contributed by atoms with Crippen molar-refractivity contribution >= 4 is 8.46 Å². The highest BCUT2D eigenvalue weighted by atomic mass is 31.1. The van der Waals surface area contributed by atoms with Gasteiger partial charge in [-0.1, -0.05) is 53.7 Å². The highest BCUT2D eigenvalue weighted by Gasteiger charge is 2.34. The second-order valence-corrected chi connectivity index (χ2v) is 7.01. The molecule has 1 aliphatic rings. The van der Waals surface area contributed by atoms with E-state index < -0.39 is 0 Å². The molecule has 0 saturated carbocycles. The van der Waals surface area contributed by atoms with Crippen LogP contribution in [0.5, 0.6) is 0 Å². The van der Waals surface area contributed by atoms with Crippen molar-refractivity contribution in [2.45, 2.75) is 41.5 Å². The Labute approximate surface area is 94.9 Å². The number of rotatable bonds is 1. The Balaban J connectivity index is 3.18. The quantitative estimate of drug-likeness (QED) is 0.584. The van der Waals surface area contributed by atoms with Gasteiger partial charge in [-0.25, -0.2) is 0 Å². The molecule has 0 aromatic carbocycles. The second-order valence-electron chi connectivity index (χ2n) is 6.34. The molecule has 0 aromatic rings. The zero-order chi connectivity index (χ0) is 11.9. The third-order valence-corrected chi connectivity index (χ3v) is 3.58. The Bertz CT molecular complexity index is 323. The lowest BCUT2D eigenvalue weighted by Crippen LogP contribution is -2.18. The van der Waals surface area contributed by atoms with E-state index in [1.807, 2.05) is 0 Å². The predicted molar refractivity (Wildman–Crippen MR) is 66.2 cm³/mol. The van der Waals surface area contributed by atoms with Crippen LogP contribution in [0, 0.1) is 16.7 Å². The van der Waals surface area contributed by atoms with Crippen molar-refractivity contribution < 1.29 is 4.57 Å². The van der Waals surface area contributed by atoms with Gasteiger partial charge in [0.2, 0.25) is 0 Å². The molecule has 0 saturated heterocycles. The van der Waals surface area contributed by atoms with Crippen molar-refractivity contribution in [3.8, 4) is 0 Å². The summed E-state index contributed by atoms with van der Waals surface area (Å²) in [6.07, 6.45) is 4.34. The molecule has 1 aliphatic carbocycles. The van der Waals surface area contributed by atoms with Crippen molar-refractivity contribution in [1.82, 2.24) is 0 Å². The molecule has 0 radical (unpaired) electrons. The van der Waals surface area contributed by atoms with E-state index in [9.17, 15) is 4.57 Å². The van der Waals surface area contributed by atoms with Crippen molar-refractivity contribution in [2.24, 2.45) is 16.7 Å². The van der Waals surface area contributed by atoms with Crippen LogP contribution in [0.1, 0.15) is 41.5 Å². The molecule has 0 bridgehead atoms. The van der Waals surface area contributed by atoms with E-state index in [2.05, 4.69) is 53.7 Å². The fraction of sp³-hybridized carbons (Fsp3) is 0.692. The fourth-order valence-electron chi connectivity index (χ4n) is 1.98. The molecule has 0 amide bonds. The number of hydrogen-bond donors (Lipinski definition) is 0. The third-order valence-electron chi connectivity index (χ3n) is 2.87. The maximum Gasteiger partial charge on any atom is 0.188 e. The van der Waals surface area contributed by atoms with E-state index in [4.69, 9.17) is 0 Å². The largest absolute Gasteiger partial charge is 0.270 e. The summed E-state index contributed by atoms with van der Waals surface area (Å²) in [6.45, 7) is 13.1. The van der Waals surface area contributed by atoms with E-state index in [1.165, 1.54) is 5.57 Å². The van der Waals surface area contributed by atoms with Crippen LogP contribution in [0.15, 0.2) is 23.0 Å². The summed E-state index contributed by atoms with van der Waals surface area (Å²) in [7, 11) is 0.178. The Hall–Kier alpha value is -0.420. The topological polar surface area (TPSA) is 17.1 Å². The fourth-order valence-corrected chi connectivity index (χ4v) is 3.07. The molecule has 1 unspecified atom stereocenters. The molecule has 0 aliphatic heterocycles. The molecule has 15 heavy (non-hydrogen) atoms. The van der Waals surface area contributed by atoms with Gasteiger partial charge in [-0.05, 0) is 16.4 Å². The van der Waals surface area contributed by atoms with Gasteiger partial charge in [0.05, 0.1) is 0 Å². The van der Waals surface area contributed by atoms with E-state index >= 15 is 0 Å². The minimum Gasteiger partial charge on any atom is -0.270 e. The molecule has 0 N–H and O–H groups in total. The summed E-state index contributed by atoms with van der Waals surface area (Å²) >= 11 is 0. The SMILES string of the molecule is CC(C)(C)C1=C(P=O)C(C(C)(C)C)C=C1. The average Bonchev–Trinajstić information content (AvgIpc) is 2.43. The lowest BCUT2D eigenvalue weighted by Gasteiger charge is -2.27. The summed E-state index contributed by atoms with van der Waals surface area (Å²) in [4.78, 5) is 0. The summed E-state index contributed by atoms with van der Waals surface area (Å²) in [5.41, 5.74) is 1.47. The lowest BCUT2D eigenvalue weighted by atomic mass is 9.80. The summed E-state index contributed by atoms with van der Waals surface area (Å²) in [5, 5.41) is 1.06. The minimum absolute atomic E-state index is 0.0866. The highest BCUT2D eigenvalue weighted by molar-refractivity contribution is 7.29. The monoisotopic (exact) mass is 224 g/mol. The smallest absolute Gasteiger partial charge is 0.188 e. The van der Waals surface area contributed by atoms with Crippen molar-refractivity contribution in [3.63, 3.8) is 0 Å². The standard InChI is InChI=1S/C13H21OP/c1-12(2,3)9-7-8-10(11(9)15-14)13(4,5)6/h7-9H,1-6H3. The predicted octanol–water partition coefficient (Wildman–Crippen LogP) is 4.81. The molecule has 0 aromatic heterocycles. The third kappa shape index (κ3) is 2.58. The van der Waals surface area contributed by atoms with Gasteiger partial charge in [-0.15, -0.1) is 0 Å². The summed E-state index contributed by atoms with van der Waals surface area (Å²) in [6, 6.07) is 0. The normalized spacial score (nSPS) is 22.9. The first kappa shape index (κ1) is 12.6. The van der Waals surface area contributed by atoms with Gasteiger partial charge in [0.15, 0.2) is 8.46 Å². The second kappa shape index (κ2) is 3.87. The molecular formula is C13H21OP. The van der Waals surface area contributed by atoms with Gasteiger partial charge in [0, 0.05) is 11.2 Å². The lowest BCUT2D eigenvalue weighted by molar-refractivity contribution is 0.339. The van der Waals surface area contributed by atoms with Gasteiger partial charge >= 0.3 is 0 Å². The maximum absolute atomic E-state index is 11.3. The molecule has 0 heterocycles. The first-order valence-corrected chi connectivity index (χ1v) is 6.25. The highest BCUT2D eigenvalue weighted by Crippen LogP contribution is 2.48. The first-order chi connectivity index (χ1) is 6.68. The van der Waals surface area contributed by atoms with Crippen LogP contribution in [0.4, 0.5) is 0 Å². The molecule has 1 atom stereocenters. The van der Waals surface area contributed by atoms with Gasteiger partial charge in [-0.3, -0.25) is 4.57 Å². The zero-order valence-corrected chi connectivity index (χ0v) is 11.5. The molecule has 1 nitrogen and oxygen atoms in total. The molecule has 2 heteroatoms. The summed E-state index contributed by atoms with van der Waals surface area (Å²) in [5.74, 6) is 0.311. The van der Waals surface area contributed by atoms with E-state index in [1.54, 1.807) is 0 Å². The van der Waals surface area contributed by atoms with Crippen LogP contribution >= 0.6 is 8.46 Å². The zero-order valence-electron chi connectivity index (χ0n) is 10.6. The van der Waals surface area contributed by atoms with Crippen LogP contribution in [0.3, 0.4) is 0 Å². The Morgan fingerprint density at radius 3 is 2.00 bits per heavy atom. The van der Waals surface area contributed by atoms with Crippen LogP contribution < -0.4 is 0 Å². The molecule has 0 spiro atoms. The van der Waals surface area contributed by atoms with Gasteiger partial charge in [0.25, 0.3) is 0 Å². The molecule has 1 rings (SSSR count). The van der Waals surface area contributed by atoms with Crippen molar-refractivity contribution in [2.75, 3.05) is 0 Å². The first-order valence-electron chi connectivity index (χ1n) is 5.44. The Morgan fingerprint density at radius 2 is 1.67 bits per heavy atom. The Kier molecular flexibility index (Phi) is 3.26. The van der Waals surface area contributed by atoms with Crippen LogP contribution in [-0.2, 0) is 4.57 Å². The van der Waals surface area contributed by atoms with Crippen LogP contribution in [0.25, 0.3) is 0 Å².